The van der Waals surface area contributed by atoms with E-state index in [1.807, 2.05) is 13.0 Å². The highest BCUT2D eigenvalue weighted by Crippen LogP contribution is 2.21. The molecular weight excluding hydrogens is 314 g/mol. The highest BCUT2D eigenvalue weighted by atomic mass is 32.2. The van der Waals surface area contributed by atoms with E-state index in [1.165, 1.54) is 13.1 Å². The Labute approximate surface area is 136 Å². The maximum Gasteiger partial charge on any atom is 0.256 e. The number of rotatable bonds is 4. The van der Waals surface area contributed by atoms with Crippen molar-refractivity contribution in [3.63, 3.8) is 0 Å². The molecule has 0 unspecified atom stereocenters. The Morgan fingerprint density at radius 1 is 1.13 bits per heavy atom. The second-order valence-corrected chi connectivity index (χ2v) is 7.15. The molecule has 2 rings (SSSR count). The van der Waals surface area contributed by atoms with Gasteiger partial charge in [0.15, 0.2) is 0 Å². The minimum atomic E-state index is -3.63. The topological polar surface area (TPSA) is 88.2 Å². The third-order valence-corrected chi connectivity index (χ3v) is 5.13. The molecule has 0 saturated heterocycles. The van der Waals surface area contributed by atoms with Crippen LogP contribution in [0.2, 0.25) is 0 Å². The second-order valence-electron chi connectivity index (χ2n) is 5.30. The molecule has 2 N–H and O–H groups in total. The van der Waals surface area contributed by atoms with Crippen LogP contribution >= 0.6 is 0 Å². The summed E-state index contributed by atoms with van der Waals surface area (Å²) >= 11 is 0. The second kappa shape index (κ2) is 6.47. The van der Waals surface area contributed by atoms with E-state index in [9.17, 15) is 13.2 Å². The van der Waals surface area contributed by atoms with Crippen molar-refractivity contribution >= 4 is 21.7 Å². The summed E-state index contributed by atoms with van der Waals surface area (Å²) in [7, 11) is -2.29. The summed E-state index contributed by atoms with van der Waals surface area (Å²) in [5.41, 5.74) is 2.59. The molecule has 0 radical (unpaired) electrons. The summed E-state index contributed by atoms with van der Waals surface area (Å²) in [5, 5.41) is 2.66. The number of hydrogen-bond donors (Lipinski definition) is 2. The Bertz CT molecular complexity index is 844. The molecule has 1 aromatic heterocycles. The molecule has 0 bridgehead atoms. The molecule has 1 amide bonds. The van der Waals surface area contributed by atoms with Crippen molar-refractivity contribution in [3.8, 4) is 0 Å². The molecule has 23 heavy (non-hydrogen) atoms. The molecule has 0 aliphatic carbocycles. The molecule has 0 atom stereocenters. The molecule has 7 heteroatoms. The van der Waals surface area contributed by atoms with Gasteiger partial charge in [-0.1, -0.05) is 6.07 Å². The molecule has 122 valence electrons. The third-order valence-electron chi connectivity index (χ3n) is 3.59. The van der Waals surface area contributed by atoms with Gasteiger partial charge >= 0.3 is 0 Å². The van der Waals surface area contributed by atoms with Gasteiger partial charge < -0.3 is 5.32 Å². The SMILES string of the molecule is CNS(=O)(=O)c1cc(C(=O)Nc2ccc(C)cn2)cc(C)c1C. The van der Waals surface area contributed by atoms with E-state index in [4.69, 9.17) is 0 Å². The fourth-order valence-corrected chi connectivity index (χ4v) is 3.14. The monoisotopic (exact) mass is 333 g/mol. The van der Waals surface area contributed by atoms with Crippen LogP contribution in [0.5, 0.6) is 0 Å². The smallest absolute Gasteiger partial charge is 0.256 e. The van der Waals surface area contributed by atoms with Crippen LogP contribution in [0.3, 0.4) is 0 Å². The number of carbonyl (C=O) groups is 1. The summed E-state index contributed by atoms with van der Waals surface area (Å²) in [4.78, 5) is 16.6. The number of nitrogens with one attached hydrogen (secondary N) is 2. The first-order valence-corrected chi connectivity index (χ1v) is 8.51. The van der Waals surface area contributed by atoms with Crippen LogP contribution in [0, 0.1) is 20.8 Å². The largest absolute Gasteiger partial charge is 0.307 e. The van der Waals surface area contributed by atoms with Gasteiger partial charge in [0.1, 0.15) is 5.82 Å². The fourth-order valence-electron chi connectivity index (χ4n) is 2.08. The van der Waals surface area contributed by atoms with Gasteiger partial charge in [-0.2, -0.15) is 0 Å². The predicted octanol–water partition coefficient (Wildman–Crippen LogP) is 2.17. The Hall–Kier alpha value is -2.25. The molecule has 0 saturated carbocycles. The lowest BCUT2D eigenvalue weighted by molar-refractivity contribution is 0.102. The first kappa shape index (κ1) is 17.1. The van der Waals surface area contributed by atoms with Gasteiger partial charge in [-0.05, 0) is 62.7 Å². The number of aryl methyl sites for hydroxylation is 2. The lowest BCUT2D eigenvalue weighted by Crippen LogP contribution is -2.21. The normalized spacial score (nSPS) is 11.3. The van der Waals surface area contributed by atoms with E-state index in [0.29, 0.717) is 11.4 Å². The van der Waals surface area contributed by atoms with Gasteiger partial charge in [0.05, 0.1) is 4.90 Å². The van der Waals surface area contributed by atoms with Gasteiger partial charge in [-0.3, -0.25) is 4.79 Å². The van der Waals surface area contributed by atoms with Gasteiger partial charge in [-0.25, -0.2) is 18.1 Å². The third kappa shape index (κ3) is 3.75. The molecule has 0 fully saturated rings. The Balaban J connectivity index is 2.39. The molecule has 6 nitrogen and oxygen atoms in total. The van der Waals surface area contributed by atoms with Gasteiger partial charge in [0.2, 0.25) is 10.0 Å². The highest BCUT2D eigenvalue weighted by molar-refractivity contribution is 7.89. The average molecular weight is 333 g/mol. The highest BCUT2D eigenvalue weighted by Gasteiger charge is 2.19. The van der Waals surface area contributed by atoms with E-state index in [-0.39, 0.29) is 10.5 Å². The Kier molecular flexibility index (Phi) is 4.82. The minimum absolute atomic E-state index is 0.0991. The molecule has 0 aliphatic rings. The lowest BCUT2D eigenvalue weighted by atomic mass is 10.1. The Morgan fingerprint density at radius 2 is 1.83 bits per heavy atom. The van der Waals surface area contributed by atoms with E-state index < -0.39 is 15.9 Å². The standard InChI is InChI=1S/C16H19N3O3S/c1-10-5-6-15(18-9-10)19-16(20)13-7-11(2)12(3)14(8-13)23(21,22)17-4/h5-9,17H,1-4H3,(H,18,19,20). The van der Waals surface area contributed by atoms with Crippen molar-refractivity contribution in [2.24, 2.45) is 0 Å². The molecule has 2 aromatic rings. The number of pyridine rings is 1. The maximum absolute atomic E-state index is 12.4. The van der Waals surface area contributed by atoms with E-state index in [2.05, 4.69) is 15.0 Å². The van der Waals surface area contributed by atoms with Crippen LogP contribution < -0.4 is 10.0 Å². The number of amides is 1. The summed E-state index contributed by atoms with van der Waals surface area (Å²) in [6.07, 6.45) is 1.65. The van der Waals surface area contributed by atoms with Crippen LogP contribution in [0.25, 0.3) is 0 Å². The van der Waals surface area contributed by atoms with Crippen LogP contribution in [0.15, 0.2) is 35.4 Å². The first-order chi connectivity index (χ1) is 10.7. The van der Waals surface area contributed by atoms with Crippen LogP contribution in [-0.2, 0) is 10.0 Å². The number of nitrogens with zero attached hydrogens (tertiary/aromatic N) is 1. The number of sulfonamides is 1. The van der Waals surface area contributed by atoms with Crippen molar-refractivity contribution in [1.82, 2.24) is 9.71 Å². The number of benzene rings is 1. The average Bonchev–Trinajstić information content (AvgIpc) is 2.51. The predicted molar refractivity (Wildman–Crippen MR) is 89.1 cm³/mol. The van der Waals surface area contributed by atoms with Crippen molar-refractivity contribution in [1.29, 1.82) is 0 Å². The van der Waals surface area contributed by atoms with Crippen LogP contribution in [0.4, 0.5) is 5.82 Å². The zero-order valence-corrected chi connectivity index (χ0v) is 14.3. The zero-order valence-electron chi connectivity index (χ0n) is 13.5. The van der Waals surface area contributed by atoms with Crippen LogP contribution in [-0.4, -0.2) is 26.4 Å². The summed E-state index contributed by atoms with van der Waals surface area (Å²) in [6.45, 7) is 5.38. The minimum Gasteiger partial charge on any atom is -0.307 e. The maximum atomic E-state index is 12.4. The van der Waals surface area contributed by atoms with Crippen molar-refractivity contribution < 1.29 is 13.2 Å². The summed E-state index contributed by atoms with van der Waals surface area (Å²) in [5.74, 6) is 0.00820. The zero-order chi connectivity index (χ0) is 17.2. The molecular formula is C16H19N3O3S. The van der Waals surface area contributed by atoms with Crippen LogP contribution in [0.1, 0.15) is 27.0 Å². The van der Waals surface area contributed by atoms with Gasteiger partial charge in [0, 0.05) is 11.8 Å². The summed E-state index contributed by atoms with van der Waals surface area (Å²) in [6, 6.07) is 6.56. The number of aromatic nitrogens is 1. The number of carbonyl (C=O) groups excluding carboxylic acids is 1. The van der Waals surface area contributed by atoms with Crippen molar-refractivity contribution in [2.45, 2.75) is 25.7 Å². The van der Waals surface area contributed by atoms with Crippen molar-refractivity contribution in [2.75, 3.05) is 12.4 Å². The molecule has 1 aromatic carbocycles. The van der Waals surface area contributed by atoms with Gasteiger partial charge in [0.25, 0.3) is 5.91 Å². The summed E-state index contributed by atoms with van der Waals surface area (Å²) < 4.78 is 26.5. The van der Waals surface area contributed by atoms with E-state index in [1.54, 1.807) is 32.2 Å². The van der Waals surface area contributed by atoms with E-state index >= 15 is 0 Å². The lowest BCUT2D eigenvalue weighted by Gasteiger charge is -2.12. The van der Waals surface area contributed by atoms with E-state index in [0.717, 1.165) is 11.1 Å². The molecule has 0 spiro atoms. The van der Waals surface area contributed by atoms with Gasteiger partial charge in [-0.15, -0.1) is 0 Å². The first-order valence-electron chi connectivity index (χ1n) is 7.03. The Morgan fingerprint density at radius 3 is 2.39 bits per heavy atom. The quantitative estimate of drug-likeness (QED) is 0.897. The fraction of sp³-hybridized carbons (Fsp3) is 0.250. The van der Waals surface area contributed by atoms with Crippen molar-refractivity contribution in [3.05, 3.63) is 52.7 Å². The molecule has 1 heterocycles. The molecule has 0 aliphatic heterocycles. The number of anilines is 1. The number of hydrogen-bond acceptors (Lipinski definition) is 4.